The second-order valence-corrected chi connectivity index (χ2v) is 3.62. The van der Waals surface area contributed by atoms with Crippen molar-refractivity contribution < 1.29 is 4.74 Å². The van der Waals surface area contributed by atoms with E-state index in [0.29, 0.717) is 5.95 Å². The van der Waals surface area contributed by atoms with Crippen molar-refractivity contribution in [2.45, 2.75) is 6.92 Å². The number of ether oxygens (including phenoxy) is 1. The molecule has 0 aliphatic rings. The van der Waals surface area contributed by atoms with Gasteiger partial charge in [-0.3, -0.25) is 0 Å². The van der Waals surface area contributed by atoms with Crippen LogP contribution in [0.5, 0.6) is 5.75 Å². The molecule has 2 aromatic rings. The molecule has 2 N–H and O–H groups in total. The molecule has 1 aromatic carbocycles. The Kier molecular flexibility index (Phi) is 3.96. The molecule has 5 heteroatoms. The van der Waals surface area contributed by atoms with Gasteiger partial charge in [0.15, 0.2) is 0 Å². The highest BCUT2D eigenvalue weighted by molar-refractivity contribution is 5.64. The normalized spacial score (nSPS) is 9.89. The van der Waals surface area contributed by atoms with E-state index in [2.05, 4.69) is 20.6 Å². The lowest BCUT2D eigenvalue weighted by Crippen LogP contribution is -2.04. The summed E-state index contributed by atoms with van der Waals surface area (Å²) in [7, 11) is 1.64. The van der Waals surface area contributed by atoms with Crippen LogP contribution in [0.15, 0.2) is 36.5 Å². The summed E-state index contributed by atoms with van der Waals surface area (Å²) in [4.78, 5) is 8.46. The van der Waals surface area contributed by atoms with Gasteiger partial charge in [0.1, 0.15) is 11.6 Å². The molecule has 94 valence electrons. The molecule has 1 aromatic heterocycles. The van der Waals surface area contributed by atoms with Crippen molar-refractivity contribution in [3.63, 3.8) is 0 Å². The first kappa shape index (κ1) is 12.2. The van der Waals surface area contributed by atoms with Crippen molar-refractivity contribution in [1.82, 2.24) is 9.97 Å². The first-order valence-electron chi connectivity index (χ1n) is 5.80. The molecule has 0 atom stereocenters. The molecule has 0 unspecified atom stereocenters. The minimum Gasteiger partial charge on any atom is -0.495 e. The average molecular weight is 244 g/mol. The van der Waals surface area contributed by atoms with Crippen LogP contribution in [0.25, 0.3) is 0 Å². The first-order chi connectivity index (χ1) is 8.83. The van der Waals surface area contributed by atoms with Crippen LogP contribution in [0.3, 0.4) is 0 Å². The maximum absolute atomic E-state index is 5.27. The van der Waals surface area contributed by atoms with E-state index >= 15 is 0 Å². The molecule has 0 aliphatic heterocycles. The molecule has 0 bridgehead atoms. The molecule has 0 spiro atoms. The van der Waals surface area contributed by atoms with Crippen LogP contribution in [0, 0.1) is 0 Å². The van der Waals surface area contributed by atoms with Gasteiger partial charge in [0, 0.05) is 12.7 Å². The summed E-state index contributed by atoms with van der Waals surface area (Å²) in [6, 6.07) is 9.52. The minimum absolute atomic E-state index is 0.609. The maximum atomic E-state index is 5.27. The van der Waals surface area contributed by atoms with E-state index in [1.54, 1.807) is 13.3 Å². The minimum atomic E-state index is 0.609. The summed E-state index contributed by atoms with van der Waals surface area (Å²) in [6.07, 6.45) is 1.71. The van der Waals surface area contributed by atoms with Crippen LogP contribution in [0.2, 0.25) is 0 Å². The van der Waals surface area contributed by atoms with Crippen molar-refractivity contribution in [3.8, 4) is 5.75 Å². The van der Waals surface area contributed by atoms with Gasteiger partial charge in [0.05, 0.1) is 12.8 Å². The molecule has 18 heavy (non-hydrogen) atoms. The average Bonchev–Trinajstić information content (AvgIpc) is 2.40. The summed E-state index contributed by atoms with van der Waals surface area (Å²) < 4.78 is 5.27. The molecule has 5 nitrogen and oxygen atoms in total. The van der Waals surface area contributed by atoms with Crippen molar-refractivity contribution in [2.75, 3.05) is 24.3 Å². The molecule has 0 amide bonds. The fraction of sp³-hybridized carbons (Fsp3) is 0.231. The largest absolute Gasteiger partial charge is 0.495 e. The fourth-order valence-electron chi connectivity index (χ4n) is 1.56. The number of benzene rings is 1. The van der Waals surface area contributed by atoms with E-state index in [1.807, 2.05) is 37.3 Å². The molecule has 0 saturated heterocycles. The van der Waals surface area contributed by atoms with Crippen LogP contribution in [0.4, 0.5) is 17.5 Å². The summed E-state index contributed by atoms with van der Waals surface area (Å²) in [5.74, 6) is 2.11. The van der Waals surface area contributed by atoms with Crippen molar-refractivity contribution in [2.24, 2.45) is 0 Å². The predicted molar refractivity (Wildman–Crippen MR) is 72.5 cm³/mol. The van der Waals surface area contributed by atoms with E-state index in [1.165, 1.54) is 0 Å². The van der Waals surface area contributed by atoms with Gasteiger partial charge in [0.25, 0.3) is 0 Å². The third kappa shape index (κ3) is 2.88. The van der Waals surface area contributed by atoms with E-state index in [9.17, 15) is 0 Å². The van der Waals surface area contributed by atoms with Gasteiger partial charge in [-0.25, -0.2) is 4.98 Å². The van der Waals surface area contributed by atoms with Crippen LogP contribution in [-0.2, 0) is 0 Å². The lowest BCUT2D eigenvalue weighted by atomic mass is 10.3. The lowest BCUT2D eigenvalue weighted by Gasteiger charge is -2.10. The highest BCUT2D eigenvalue weighted by Crippen LogP contribution is 2.26. The van der Waals surface area contributed by atoms with E-state index < -0.39 is 0 Å². The Morgan fingerprint density at radius 3 is 2.83 bits per heavy atom. The summed E-state index contributed by atoms with van der Waals surface area (Å²) in [5, 5.41) is 6.27. The van der Waals surface area contributed by atoms with E-state index in [4.69, 9.17) is 4.74 Å². The quantitative estimate of drug-likeness (QED) is 0.846. The van der Waals surface area contributed by atoms with Gasteiger partial charge >= 0.3 is 0 Å². The van der Waals surface area contributed by atoms with Crippen LogP contribution >= 0.6 is 0 Å². The number of hydrogen-bond donors (Lipinski definition) is 2. The smallest absolute Gasteiger partial charge is 0.224 e. The molecule has 1 heterocycles. The zero-order valence-corrected chi connectivity index (χ0v) is 10.5. The molecule has 0 radical (unpaired) electrons. The van der Waals surface area contributed by atoms with Crippen LogP contribution < -0.4 is 15.4 Å². The first-order valence-corrected chi connectivity index (χ1v) is 5.80. The van der Waals surface area contributed by atoms with Gasteiger partial charge in [-0.05, 0) is 25.1 Å². The Hall–Kier alpha value is -2.30. The fourth-order valence-corrected chi connectivity index (χ4v) is 1.56. The zero-order valence-electron chi connectivity index (χ0n) is 10.5. The Morgan fingerprint density at radius 1 is 1.22 bits per heavy atom. The maximum Gasteiger partial charge on any atom is 0.224 e. The second-order valence-electron chi connectivity index (χ2n) is 3.62. The standard InChI is InChI=1S/C13H16N4O/c1-3-14-13-15-9-8-12(17-13)16-10-6-4-5-7-11(10)18-2/h4-9H,3H2,1-2H3,(H2,14,15,16,17). The van der Waals surface area contributed by atoms with E-state index in [0.717, 1.165) is 23.8 Å². The number of nitrogens with one attached hydrogen (secondary N) is 2. The van der Waals surface area contributed by atoms with Crippen molar-refractivity contribution >= 4 is 17.5 Å². The highest BCUT2D eigenvalue weighted by Gasteiger charge is 2.03. The second kappa shape index (κ2) is 5.86. The zero-order chi connectivity index (χ0) is 12.8. The molecule has 2 rings (SSSR count). The number of methoxy groups -OCH3 is 1. The number of hydrogen-bond acceptors (Lipinski definition) is 5. The number of rotatable bonds is 5. The highest BCUT2D eigenvalue weighted by atomic mass is 16.5. The Bertz CT molecular complexity index is 516. The number of nitrogens with zero attached hydrogens (tertiary/aromatic N) is 2. The molecule has 0 fully saturated rings. The topological polar surface area (TPSA) is 59.1 Å². The predicted octanol–water partition coefficient (Wildman–Crippen LogP) is 2.66. The van der Waals surface area contributed by atoms with Crippen LogP contribution in [-0.4, -0.2) is 23.6 Å². The van der Waals surface area contributed by atoms with Gasteiger partial charge in [0.2, 0.25) is 5.95 Å². The molecular weight excluding hydrogens is 228 g/mol. The third-order valence-corrected chi connectivity index (χ3v) is 2.36. The monoisotopic (exact) mass is 244 g/mol. The SMILES string of the molecule is CCNc1nccc(Nc2ccccc2OC)n1. The Balaban J connectivity index is 2.20. The van der Waals surface area contributed by atoms with Gasteiger partial charge in [-0.1, -0.05) is 12.1 Å². The van der Waals surface area contributed by atoms with Gasteiger partial charge in [-0.2, -0.15) is 4.98 Å². The van der Waals surface area contributed by atoms with Gasteiger partial charge in [-0.15, -0.1) is 0 Å². The van der Waals surface area contributed by atoms with E-state index in [-0.39, 0.29) is 0 Å². The summed E-state index contributed by atoms with van der Waals surface area (Å²) >= 11 is 0. The number of anilines is 3. The molecule has 0 saturated carbocycles. The molecular formula is C13H16N4O. The lowest BCUT2D eigenvalue weighted by molar-refractivity contribution is 0.417. The number of aromatic nitrogens is 2. The van der Waals surface area contributed by atoms with Crippen molar-refractivity contribution in [1.29, 1.82) is 0 Å². The molecule has 0 aliphatic carbocycles. The number of para-hydroxylation sites is 2. The van der Waals surface area contributed by atoms with Crippen molar-refractivity contribution in [3.05, 3.63) is 36.5 Å². The third-order valence-electron chi connectivity index (χ3n) is 2.36. The summed E-state index contributed by atoms with van der Waals surface area (Å²) in [5.41, 5.74) is 0.876. The van der Waals surface area contributed by atoms with Gasteiger partial charge < -0.3 is 15.4 Å². The van der Waals surface area contributed by atoms with Crippen LogP contribution in [0.1, 0.15) is 6.92 Å². The Labute approximate surface area is 106 Å². The summed E-state index contributed by atoms with van der Waals surface area (Å²) in [6.45, 7) is 2.79. The Morgan fingerprint density at radius 2 is 2.06 bits per heavy atom.